The number of esters is 1. The van der Waals surface area contributed by atoms with Gasteiger partial charge in [-0.15, -0.1) is 0 Å². The lowest BCUT2D eigenvalue weighted by atomic mass is 9.74. The molecule has 1 rings (SSSR count). The van der Waals surface area contributed by atoms with Crippen LogP contribution in [0.2, 0.25) is 0 Å². The Bertz CT molecular complexity index is 607. The van der Waals surface area contributed by atoms with Crippen molar-refractivity contribution >= 4 is 11.9 Å². The number of rotatable bonds is 4. The average Bonchev–Trinajstić information content (AvgIpc) is 2.79. The van der Waals surface area contributed by atoms with Gasteiger partial charge in [0, 0.05) is 12.5 Å². The highest BCUT2D eigenvalue weighted by molar-refractivity contribution is 5.94. The number of amides is 1. The summed E-state index contributed by atoms with van der Waals surface area (Å²) in [6.45, 7) is 13.3. The van der Waals surface area contributed by atoms with Crippen molar-refractivity contribution in [2.45, 2.75) is 59.4 Å². The van der Waals surface area contributed by atoms with Crippen LogP contribution in [-0.4, -0.2) is 34.3 Å². The molecule has 23 heavy (non-hydrogen) atoms. The van der Waals surface area contributed by atoms with Crippen LogP contribution in [0, 0.1) is 5.41 Å². The number of nitrogens with one attached hydrogen (secondary N) is 1. The van der Waals surface area contributed by atoms with Crippen molar-refractivity contribution in [2.75, 3.05) is 7.11 Å². The Morgan fingerprint density at radius 2 is 1.65 bits per heavy atom. The fraction of sp³-hybridized carbons (Fsp3) is 0.706. The monoisotopic (exact) mass is 323 g/mol. The Morgan fingerprint density at radius 3 is 2.04 bits per heavy atom. The van der Waals surface area contributed by atoms with E-state index in [-0.39, 0.29) is 17.3 Å². The van der Waals surface area contributed by atoms with Gasteiger partial charge in [0.15, 0.2) is 0 Å². The highest BCUT2D eigenvalue weighted by Gasteiger charge is 2.45. The van der Waals surface area contributed by atoms with Crippen LogP contribution in [0.4, 0.5) is 0 Å². The SMILES string of the molecule is COC(=O)C(C)(C)C(C)(C)NC(=O)c1cc(C(C)(C)C)nn1C. The lowest BCUT2D eigenvalue weighted by molar-refractivity contribution is -0.154. The van der Waals surface area contributed by atoms with Crippen molar-refractivity contribution in [3.05, 3.63) is 17.5 Å². The number of aryl methyl sites for hydroxylation is 1. The molecule has 0 aliphatic carbocycles. The Hall–Kier alpha value is -1.85. The molecule has 1 N–H and O–H groups in total. The van der Waals surface area contributed by atoms with E-state index in [0.717, 1.165) is 5.69 Å². The lowest BCUT2D eigenvalue weighted by Crippen LogP contribution is -2.57. The van der Waals surface area contributed by atoms with Crippen LogP contribution in [0.25, 0.3) is 0 Å². The third-order valence-corrected chi connectivity index (χ3v) is 4.57. The van der Waals surface area contributed by atoms with Gasteiger partial charge in [-0.2, -0.15) is 5.10 Å². The number of nitrogens with zero attached hydrogens (tertiary/aromatic N) is 2. The zero-order chi connectivity index (χ0) is 18.2. The van der Waals surface area contributed by atoms with Crippen LogP contribution >= 0.6 is 0 Å². The van der Waals surface area contributed by atoms with Gasteiger partial charge in [0.1, 0.15) is 5.69 Å². The maximum Gasteiger partial charge on any atom is 0.313 e. The molecular formula is C17H29N3O3. The predicted octanol–water partition coefficient (Wildman–Crippen LogP) is 2.43. The molecule has 130 valence electrons. The summed E-state index contributed by atoms with van der Waals surface area (Å²) in [6.07, 6.45) is 0. The molecule has 0 aliphatic rings. The van der Waals surface area contributed by atoms with Crippen LogP contribution in [0.3, 0.4) is 0 Å². The number of methoxy groups -OCH3 is 1. The van der Waals surface area contributed by atoms with Gasteiger partial charge in [-0.1, -0.05) is 20.8 Å². The number of aromatic nitrogens is 2. The fourth-order valence-corrected chi connectivity index (χ4v) is 2.06. The highest BCUT2D eigenvalue weighted by Crippen LogP contribution is 2.32. The molecule has 0 saturated heterocycles. The van der Waals surface area contributed by atoms with Crippen molar-refractivity contribution < 1.29 is 14.3 Å². The van der Waals surface area contributed by atoms with Crippen LogP contribution < -0.4 is 5.32 Å². The second-order valence-corrected chi connectivity index (χ2v) is 7.98. The predicted molar refractivity (Wildman–Crippen MR) is 89.3 cm³/mol. The van der Waals surface area contributed by atoms with Gasteiger partial charge in [-0.3, -0.25) is 14.3 Å². The molecule has 6 heteroatoms. The fourth-order valence-electron chi connectivity index (χ4n) is 2.06. The van der Waals surface area contributed by atoms with E-state index < -0.39 is 11.0 Å². The summed E-state index contributed by atoms with van der Waals surface area (Å²) >= 11 is 0. The average molecular weight is 323 g/mol. The minimum atomic E-state index is -0.872. The van der Waals surface area contributed by atoms with E-state index in [1.54, 1.807) is 31.6 Å². The number of hydrogen-bond acceptors (Lipinski definition) is 4. The summed E-state index contributed by atoms with van der Waals surface area (Å²) in [7, 11) is 3.08. The van der Waals surface area contributed by atoms with Gasteiger partial charge >= 0.3 is 5.97 Å². The molecule has 1 amide bonds. The lowest BCUT2D eigenvalue weighted by Gasteiger charge is -2.39. The van der Waals surface area contributed by atoms with Crippen molar-refractivity contribution in [3.8, 4) is 0 Å². The smallest absolute Gasteiger partial charge is 0.313 e. The number of carbonyl (C=O) groups excluding carboxylic acids is 2. The summed E-state index contributed by atoms with van der Waals surface area (Å²) in [5.74, 6) is -0.638. The maximum atomic E-state index is 12.7. The number of ether oxygens (including phenoxy) is 1. The molecule has 1 aromatic heterocycles. The second-order valence-electron chi connectivity index (χ2n) is 7.98. The van der Waals surface area contributed by atoms with Crippen LogP contribution in [0.1, 0.15) is 64.6 Å². The molecule has 1 heterocycles. The Labute approximate surface area is 138 Å². The van der Waals surface area contributed by atoms with Gasteiger partial charge in [0.2, 0.25) is 0 Å². The van der Waals surface area contributed by atoms with Crippen molar-refractivity contribution in [1.82, 2.24) is 15.1 Å². The van der Waals surface area contributed by atoms with Crippen molar-refractivity contribution in [3.63, 3.8) is 0 Å². The second kappa shape index (κ2) is 5.98. The van der Waals surface area contributed by atoms with E-state index in [1.165, 1.54) is 7.11 Å². The number of carbonyl (C=O) groups is 2. The van der Waals surface area contributed by atoms with Crippen LogP contribution in [0.5, 0.6) is 0 Å². The molecule has 0 radical (unpaired) electrons. The topological polar surface area (TPSA) is 73.2 Å². The Morgan fingerprint density at radius 1 is 1.13 bits per heavy atom. The van der Waals surface area contributed by atoms with Crippen molar-refractivity contribution in [1.29, 1.82) is 0 Å². The molecule has 6 nitrogen and oxygen atoms in total. The molecule has 0 aliphatic heterocycles. The van der Waals surface area contributed by atoms with Gasteiger partial charge in [0.25, 0.3) is 5.91 Å². The molecule has 0 fully saturated rings. The van der Waals surface area contributed by atoms with Crippen LogP contribution in [-0.2, 0) is 22.0 Å². The third-order valence-electron chi connectivity index (χ3n) is 4.57. The summed E-state index contributed by atoms with van der Waals surface area (Å²) < 4.78 is 6.42. The van der Waals surface area contributed by atoms with Gasteiger partial charge < -0.3 is 10.1 Å². The van der Waals surface area contributed by atoms with Crippen molar-refractivity contribution in [2.24, 2.45) is 12.5 Å². The molecule has 1 aromatic rings. The molecule has 0 spiro atoms. The first-order chi connectivity index (χ1) is 10.2. The van der Waals surface area contributed by atoms with E-state index in [2.05, 4.69) is 10.4 Å². The minimum absolute atomic E-state index is 0.142. The highest BCUT2D eigenvalue weighted by atomic mass is 16.5. The summed E-state index contributed by atoms with van der Waals surface area (Å²) in [5, 5.41) is 7.34. The summed E-state index contributed by atoms with van der Waals surface area (Å²) in [4.78, 5) is 24.7. The largest absolute Gasteiger partial charge is 0.469 e. The van der Waals surface area contributed by atoms with Gasteiger partial charge in [-0.05, 0) is 33.8 Å². The van der Waals surface area contributed by atoms with Crippen LogP contribution in [0.15, 0.2) is 6.07 Å². The third kappa shape index (κ3) is 3.74. The van der Waals surface area contributed by atoms with Gasteiger partial charge in [-0.25, -0.2) is 0 Å². The first-order valence-corrected chi connectivity index (χ1v) is 7.69. The first kappa shape index (κ1) is 19.2. The first-order valence-electron chi connectivity index (χ1n) is 7.69. The quantitative estimate of drug-likeness (QED) is 0.864. The van der Waals surface area contributed by atoms with E-state index in [1.807, 2.05) is 34.6 Å². The molecule has 0 unspecified atom stereocenters. The van der Waals surface area contributed by atoms with E-state index >= 15 is 0 Å². The zero-order valence-corrected chi connectivity index (χ0v) is 15.7. The van der Waals surface area contributed by atoms with E-state index in [4.69, 9.17) is 4.74 Å². The molecule has 0 aromatic carbocycles. The molecule has 0 bridgehead atoms. The Kier molecular flexibility index (Phi) is 4.99. The zero-order valence-electron chi connectivity index (χ0n) is 15.7. The molecule has 0 saturated carbocycles. The summed E-state index contributed by atoms with van der Waals surface area (Å²) in [5.41, 5.74) is -0.498. The Balaban J connectivity index is 3.08. The standard InChI is InChI=1S/C17H29N3O3/c1-15(2,3)12-10-11(20(8)19-12)13(21)18-17(6,7)16(4,5)14(22)23-9/h10H,1-9H3,(H,18,21). The molecular weight excluding hydrogens is 294 g/mol. The normalized spacial score (nSPS) is 12.9. The van der Waals surface area contributed by atoms with E-state index in [9.17, 15) is 9.59 Å². The maximum absolute atomic E-state index is 12.7. The van der Waals surface area contributed by atoms with Gasteiger partial charge in [0.05, 0.1) is 23.8 Å². The van der Waals surface area contributed by atoms with E-state index in [0.29, 0.717) is 5.69 Å². The molecule has 0 atom stereocenters. The summed E-state index contributed by atoms with van der Waals surface area (Å²) in [6, 6.07) is 1.79. The minimum Gasteiger partial charge on any atom is -0.469 e. The number of hydrogen-bond donors (Lipinski definition) is 1.